The van der Waals surface area contributed by atoms with E-state index >= 15 is 0 Å². The van der Waals surface area contributed by atoms with E-state index in [-0.39, 0.29) is 17.1 Å². The van der Waals surface area contributed by atoms with Gasteiger partial charge < -0.3 is 39.7 Å². The van der Waals surface area contributed by atoms with E-state index in [0.717, 1.165) is 0 Å². The monoisotopic (exact) mass is 420 g/mol. The van der Waals surface area contributed by atoms with Crippen LogP contribution in [0, 0.1) is 0 Å². The first kappa shape index (κ1) is 22.0. The number of carboxylic acid groups (broad SMARTS) is 1. The van der Waals surface area contributed by atoms with Crippen LogP contribution < -0.4 is 9.47 Å². The van der Waals surface area contributed by atoms with Gasteiger partial charge in [-0.05, 0) is 18.2 Å². The highest BCUT2D eigenvalue weighted by Gasteiger charge is 2.45. The van der Waals surface area contributed by atoms with Crippen LogP contribution in [-0.4, -0.2) is 76.7 Å². The quantitative estimate of drug-likeness (QED) is 0.453. The molecule has 3 rings (SSSR count). The lowest BCUT2D eigenvalue weighted by Gasteiger charge is -2.40. The van der Waals surface area contributed by atoms with E-state index in [1.165, 1.54) is 26.4 Å². The van der Waals surface area contributed by atoms with Crippen molar-refractivity contribution in [3.63, 3.8) is 0 Å². The Labute approximate surface area is 172 Å². The molecule has 30 heavy (non-hydrogen) atoms. The molecule has 9 heteroatoms. The van der Waals surface area contributed by atoms with Crippen LogP contribution in [0.1, 0.15) is 22.0 Å². The maximum Gasteiger partial charge on any atom is 0.336 e. The molecule has 162 valence electrons. The van der Waals surface area contributed by atoms with Crippen molar-refractivity contribution in [1.29, 1.82) is 0 Å². The van der Waals surface area contributed by atoms with Gasteiger partial charge in [0.05, 0.1) is 26.4 Å². The van der Waals surface area contributed by atoms with E-state index in [1.807, 2.05) is 0 Å². The average Bonchev–Trinajstić information content (AvgIpc) is 2.76. The highest BCUT2D eigenvalue weighted by atomic mass is 16.5. The molecule has 0 amide bonds. The minimum atomic E-state index is -1.55. The van der Waals surface area contributed by atoms with Crippen LogP contribution in [0.3, 0.4) is 0 Å². The van der Waals surface area contributed by atoms with Crippen LogP contribution in [0.2, 0.25) is 0 Å². The Hall–Kier alpha value is -2.69. The number of aliphatic hydroxyl groups excluding tert-OH is 4. The molecule has 0 aromatic heterocycles. The number of hydrogen-bond donors (Lipinski definition) is 5. The Balaban J connectivity index is 2.14. The van der Waals surface area contributed by atoms with E-state index in [4.69, 9.17) is 14.2 Å². The second-order valence-electron chi connectivity index (χ2n) is 6.89. The van der Waals surface area contributed by atoms with Crippen molar-refractivity contribution in [2.45, 2.75) is 30.5 Å². The standard InChI is InChI=1S/C21H24O9/c1-28-14-8-13(20-19(25)18(24)17(23)16(9-22)30-20)15(29-2)7-12(14)10-5-3-4-6-11(10)21(26)27/h3-8,16-20,22-25H,9H2,1-2H3,(H,26,27)/t16-,17+,18+,19-,20+/m1/s1. The molecule has 0 unspecified atom stereocenters. The third kappa shape index (κ3) is 3.85. The van der Waals surface area contributed by atoms with Gasteiger partial charge in [-0.1, -0.05) is 18.2 Å². The van der Waals surface area contributed by atoms with Gasteiger partial charge >= 0.3 is 5.97 Å². The van der Waals surface area contributed by atoms with Gasteiger partial charge in [-0.25, -0.2) is 4.79 Å². The number of rotatable bonds is 6. The zero-order valence-electron chi connectivity index (χ0n) is 16.4. The summed E-state index contributed by atoms with van der Waals surface area (Å²) in [5.74, 6) is -0.573. The van der Waals surface area contributed by atoms with Crippen LogP contribution in [0.5, 0.6) is 11.5 Å². The molecule has 9 nitrogen and oxygen atoms in total. The number of carbonyl (C=O) groups is 1. The summed E-state index contributed by atoms with van der Waals surface area (Å²) in [6.07, 6.45) is -6.76. The lowest BCUT2D eigenvalue weighted by atomic mass is 9.89. The first-order chi connectivity index (χ1) is 14.3. The van der Waals surface area contributed by atoms with Crippen LogP contribution in [0.4, 0.5) is 0 Å². The van der Waals surface area contributed by atoms with Crippen molar-refractivity contribution < 1.29 is 44.5 Å². The molecule has 1 aliphatic heterocycles. The lowest BCUT2D eigenvalue weighted by molar-refractivity contribution is -0.232. The minimum absolute atomic E-state index is 0.0680. The Kier molecular flexibility index (Phi) is 6.59. The van der Waals surface area contributed by atoms with Gasteiger partial charge in [0.1, 0.15) is 42.0 Å². The van der Waals surface area contributed by atoms with Gasteiger partial charge in [-0.15, -0.1) is 0 Å². The molecule has 1 aliphatic rings. The van der Waals surface area contributed by atoms with Gasteiger partial charge in [-0.2, -0.15) is 0 Å². The summed E-state index contributed by atoms with van der Waals surface area (Å²) in [6, 6.07) is 9.47. The molecular formula is C21H24O9. The SMILES string of the molecule is COc1cc([C@@H]2O[C@H](CO)[C@H](O)[C@H](O)[C@H]2O)c(OC)cc1-c1ccccc1C(=O)O. The average molecular weight is 420 g/mol. The Morgan fingerprint density at radius 1 is 0.967 bits per heavy atom. The van der Waals surface area contributed by atoms with Gasteiger partial charge in [0.2, 0.25) is 0 Å². The first-order valence-corrected chi connectivity index (χ1v) is 9.23. The van der Waals surface area contributed by atoms with E-state index in [0.29, 0.717) is 16.7 Å². The maximum atomic E-state index is 11.6. The Morgan fingerprint density at radius 3 is 2.23 bits per heavy atom. The second kappa shape index (κ2) is 8.99. The number of methoxy groups -OCH3 is 2. The summed E-state index contributed by atoms with van der Waals surface area (Å²) < 4.78 is 16.5. The van der Waals surface area contributed by atoms with Crippen LogP contribution >= 0.6 is 0 Å². The fourth-order valence-electron chi connectivity index (χ4n) is 3.62. The molecule has 5 atom stereocenters. The molecule has 1 fully saturated rings. The number of aromatic carboxylic acids is 1. The largest absolute Gasteiger partial charge is 0.496 e. The summed E-state index contributed by atoms with van der Waals surface area (Å²) in [6.45, 7) is -0.565. The fourth-order valence-corrected chi connectivity index (χ4v) is 3.62. The molecule has 0 saturated carbocycles. The summed E-state index contributed by atoms with van der Waals surface area (Å²) in [7, 11) is 2.80. The Morgan fingerprint density at radius 2 is 1.63 bits per heavy atom. The summed E-state index contributed by atoms with van der Waals surface area (Å²) in [4.78, 5) is 11.6. The molecule has 0 bridgehead atoms. The van der Waals surface area contributed by atoms with Crippen molar-refractivity contribution in [2.75, 3.05) is 20.8 Å². The molecule has 5 N–H and O–H groups in total. The fraction of sp³-hybridized carbons (Fsp3) is 0.381. The minimum Gasteiger partial charge on any atom is -0.496 e. The van der Waals surface area contributed by atoms with Crippen LogP contribution in [-0.2, 0) is 4.74 Å². The molecular weight excluding hydrogens is 396 g/mol. The zero-order chi connectivity index (χ0) is 22.0. The molecule has 0 radical (unpaired) electrons. The number of carboxylic acids is 1. The molecule has 0 aliphatic carbocycles. The number of aliphatic hydroxyl groups is 4. The van der Waals surface area contributed by atoms with Gasteiger partial charge in [0.15, 0.2) is 0 Å². The van der Waals surface area contributed by atoms with E-state index in [9.17, 15) is 30.3 Å². The Bertz CT molecular complexity index is 911. The highest BCUT2D eigenvalue weighted by molar-refractivity contribution is 5.97. The molecule has 0 spiro atoms. The zero-order valence-corrected chi connectivity index (χ0v) is 16.4. The smallest absolute Gasteiger partial charge is 0.336 e. The molecule has 1 saturated heterocycles. The van der Waals surface area contributed by atoms with E-state index in [1.54, 1.807) is 24.3 Å². The predicted molar refractivity (Wildman–Crippen MR) is 105 cm³/mol. The maximum absolute atomic E-state index is 11.6. The second-order valence-corrected chi connectivity index (χ2v) is 6.89. The van der Waals surface area contributed by atoms with Gasteiger partial charge in [-0.3, -0.25) is 0 Å². The van der Waals surface area contributed by atoms with Crippen molar-refractivity contribution in [2.24, 2.45) is 0 Å². The van der Waals surface area contributed by atoms with Crippen LogP contribution in [0.25, 0.3) is 11.1 Å². The van der Waals surface area contributed by atoms with Gasteiger partial charge in [0.25, 0.3) is 0 Å². The summed E-state index contributed by atoms with van der Waals surface area (Å²) in [5, 5.41) is 49.6. The summed E-state index contributed by atoms with van der Waals surface area (Å²) in [5.41, 5.74) is 1.22. The van der Waals surface area contributed by atoms with E-state index < -0.39 is 43.1 Å². The first-order valence-electron chi connectivity index (χ1n) is 9.23. The van der Waals surface area contributed by atoms with Crippen molar-refractivity contribution in [1.82, 2.24) is 0 Å². The molecule has 2 aromatic carbocycles. The van der Waals surface area contributed by atoms with E-state index in [2.05, 4.69) is 0 Å². The lowest BCUT2D eigenvalue weighted by Crippen LogP contribution is -2.55. The number of hydrogen-bond acceptors (Lipinski definition) is 8. The molecule has 1 heterocycles. The summed E-state index contributed by atoms with van der Waals surface area (Å²) >= 11 is 0. The van der Waals surface area contributed by atoms with Crippen molar-refractivity contribution >= 4 is 5.97 Å². The number of ether oxygens (including phenoxy) is 3. The molecule has 2 aromatic rings. The normalized spacial score (nSPS) is 26.3. The van der Waals surface area contributed by atoms with Gasteiger partial charge in [0, 0.05) is 16.7 Å². The number of benzene rings is 2. The van der Waals surface area contributed by atoms with Crippen LogP contribution in [0.15, 0.2) is 36.4 Å². The third-order valence-electron chi connectivity index (χ3n) is 5.20. The van der Waals surface area contributed by atoms with Crippen molar-refractivity contribution in [3.05, 3.63) is 47.5 Å². The highest BCUT2D eigenvalue weighted by Crippen LogP contribution is 2.43. The topological polar surface area (TPSA) is 146 Å². The predicted octanol–water partition coefficient (Wildman–Crippen LogP) is 0.584. The third-order valence-corrected chi connectivity index (χ3v) is 5.20. The van der Waals surface area contributed by atoms with Crippen molar-refractivity contribution in [3.8, 4) is 22.6 Å².